The fourth-order valence-corrected chi connectivity index (χ4v) is 1.56. The third-order valence-corrected chi connectivity index (χ3v) is 2.66. The molecule has 0 aromatic heterocycles. The highest BCUT2D eigenvalue weighted by molar-refractivity contribution is 5.65. The van der Waals surface area contributed by atoms with Crippen molar-refractivity contribution in [1.82, 2.24) is 0 Å². The highest BCUT2D eigenvalue weighted by Gasteiger charge is 2.31. The highest BCUT2D eigenvalue weighted by Crippen LogP contribution is 2.31. The number of carbonyl (C=O) groups excluding carboxylic acids is 1. The second kappa shape index (κ2) is 3.54. The number of aldehydes is 1. The lowest BCUT2D eigenvalue weighted by atomic mass is 9.86. The van der Waals surface area contributed by atoms with Crippen molar-refractivity contribution in [3.63, 3.8) is 0 Å². The number of carbonyl (C=O) groups is 1. The Morgan fingerprint density at radius 2 is 2.07 bits per heavy atom. The molecule has 1 atom stereocenters. The van der Waals surface area contributed by atoms with Gasteiger partial charge in [0.15, 0.2) is 0 Å². The summed E-state index contributed by atoms with van der Waals surface area (Å²) in [6.45, 7) is 3.76. The zero-order valence-electron chi connectivity index (χ0n) is 8.94. The summed E-state index contributed by atoms with van der Waals surface area (Å²) in [5.41, 5.74) is 0.583. The Morgan fingerprint density at radius 1 is 1.33 bits per heavy atom. The number of ether oxygens (including phenoxy) is 1. The monoisotopic (exact) mass is 202 g/mol. The summed E-state index contributed by atoms with van der Waals surface area (Å²) in [5.74, 6) is 0.847. The molecule has 1 aliphatic rings. The lowest BCUT2D eigenvalue weighted by molar-refractivity contribution is -0.117. The molecule has 0 amide bonds. The van der Waals surface area contributed by atoms with Crippen molar-refractivity contribution >= 4 is 12.4 Å². The smallest absolute Gasteiger partial charge is 0.129 e. The van der Waals surface area contributed by atoms with Gasteiger partial charge in [0.25, 0.3) is 0 Å². The lowest BCUT2D eigenvalue weighted by Gasteiger charge is -2.30. The summed E-state index contributed by atoms with van der Waals surface area (Å²) >= 11 is 0. The Morgan fingerprint density at radius 3 is 2.80 bits per heavy atom. The molecule has 0 aliphatic carbocycles. The van der Waals surface area contributed by atoms with Crippen LogP contribution in [0.4, 0.5) is 0 Å². The van der Waals surface area contributed by atoms with E-state index in [9.17, 15) is 4.79 Å². The van der Waals surface area contributed by atoms with Gasteiger partial charge in [0, 0.05) is 5.56 Å². The van der Waals surface area contributed by atoms with Gasteiger partial charge in [0.05, 0.1) is 5.41 Å². The van der Waals surface area contributed by atoms with Gasteiger partial charge in [-0.05, 0) is 26.0 Å². The molecule has 0 N–H and O–H groups in total. The fourth-order valence-electron chi connectivity index (χ4n) is 1.56. The second-order valence-corrected chi connectivity index (χ2v) is 4.37. The van der Waals surface area contributed by atoms with E-state index in [0.29, 0.717) is 0 Å². The van der Waals surface area contributed by atoms with Crippen molar-refractivity contribution in [1.29, 1.82) is 0 Å². The first-order chi connectivity index (χ1) is 7.13. The van der Waals surface area contributed by atoms with E-state index in [0.717, 1.165) is 17.6 Å². The molecule has 0 radical (unpaired) electrons. The minimum atomic E-state index is -0.482. The Hall–Kier alpha value is -1.57. The Labute approximate surface area is 89.6 Å². The van der Waals surface area contributed by atoms with Crippen LogP contribution in [0.3, 0.4) is 0 Å². The normalized spacial score (nSPS) is 19.2. The molecule has 0 saturated carbocycles. The van der Waals surface area contributed by atoms with Gasteiger partial charge < -0.3 is 9.53 Å². The van der Waals surface area contributed by atoms with Crippen molar-refractivity contribution in [3.8, 4) is 5.75 Å². The van der Waals surface area contributed by atoms with Gasteiger partial charge >= 0.3 is 0 Å². The molecular formula is C13H14O2. The molecule has 2 heteroatoms. The van der Waals surface area contributed by atoms with Gasteiger partial charge in [-0.2, -0.15) is 0 Å². The third-order valence-electron chi connectivity index (χ3n) is 2.66. The van der Waals surface area contributed by atoms with E-state index < -0.39 is 5.41 Å². The van der Waals surface area contributed by atoms with Crippen LogP contribution in [0.1, 0.15) is 19.4 Å². The SMILES string of the molecule is CC(C)(C=O)C1C=Cc2ccccc2O1. The lowest BCUT2D eigenvalue weighted by Crippen LogP contribution is -2.35. The van der Waals surface area contributed by atoms with E-state index >= 15 is 0 Å². The number of fused-ring (bicyclic) bond motifs is 1. The fraction of sp³-hybridized carbons (Fsp3) is 0.308. The molecule has 0 spiro atoms. The van der Waals surface area contributed by atoms with E-state index in [4.69, 9.17) is 4.74 Å². The summed E-state index contributed by atoms with van der Waals surface area (Å²) in [7, 11) is 0. The molecule has 1 aliphatic heterocycles. The molecule has 0 bridgehead atoms. The average Bonchev–Trinajstić information content (AvgIpc) is 2.28. The maximum Gasteiger partial charge on any atom is 0.129 e. The molecule has 1 unspecified atom stereocenters. The maximum atomic E-state index is 10.9. The van der Waals surface area contributed by atoms with Gasteiger partial charge in [-0.1, -0.05) is 24.3 Å². The topological polar surface area (TPSA) is 26.3 Å². The molecule has 2 rings (SSSR count). The Balaban J connectivity index is 2.30. The van der Waals surface area contributed by atoms with Crippen LogP contribution in [0.2, 0.25) is 0 Å². The van der Waals surface area contributed by atoms with Crippen LogP contribution in [0.25, 0.3) is 6.08 Å². The van der Waals surface area contributed by atoms with Crippen molar-refractivity contribution in [2.24, 2.45) is 5.41 Å². The second-order valence-electron chi connectivity index (χ2n) is 4.37. The van der Waals surface area contributed by atoms with Gasteiger partial charge in [0.2, 0.25) is 0 Å². The first kappa shape index (κ1) is 9.97. The zero-order valence-corrected chi connectivity index (χ0v) is 8.94. The molecule has 0 fully saturated rings. The van der Waals surface area contributed by atoms with Crippen LogP contribution in [0.15, 0.2) is 30.3 Å². The number of hydrogen-bond donors (Lipinski definition) is 0. The van der Waals surface area contributed by atoms with Crippen LogP contribution < -0.4 is 4.74 Å². The first-order valence-electron chi connectivity index (χ1n) is 5.04. The van der Waals surface area contributed by atoms with E-state index in [-0.39, 0.29) is 6.10 Å². The van der Waals surface area contributed by atoms with Crippen LogP contribution in [-0.2, 0) is 4.79 Å². The minimum absolute atomic E-state index is 0.176. The Bertz CT molecular complexity index is 405. The summed E-state index contributed by atoms with van der Waals surface area (Å²) in [5, 5.41) is 0. The van der Waals surface area contributed by atoms with Crippen LogP contribution in [-0.4, -0.2) is 12.4 Å². The van der Waals surface area contributed by atoms with E-state index in [1.54, 1.807) is 0 Å². The predicted molar refractivity (Wildman–Crippen MR) is 59.7 cm³/mol. The average molecular weight is 202 g/mol. The number of benzene rings is 1. The van der Waals surface area contributed by atoms with Crippen LogP contribution >= 0.6 is 0 Å². The van der Waals surface area contributed by atoms with Crippen molar-refractivity contribution in [3.05, 3.63) is 35.9 Å². The quantitative estimate of drug-likeness (QED) is 0.689. The Kier molecular flexibility index (Phi) is 2.35. The first-order valence-corrected chi connectivity index (χ1v) is 5.04. The summed E-state index contributed by atoms with van der Waals surface area (Å²) in [6, 6.07) is 7.82. The summed E-state index contributed by atoms with van der Waals surface area (Å²) in [6.07, 6.45) is 4.71. The van der Waals surface area contributed by atoms with Gasteiger partial charge in [-0.25, -0.2) is 0 Å². The maximum absolute atomic E-state index is 10.9. The standard InChI is InChI=1S/C13H14O2/c1-13(2,9-14)12-8-7-10-5-3-4-6-11(10)15-12/h3-9,12H,1-2H3. The summed E-state index contributed by atoms with van der Waals surface area (Å²) in [4.78, 5) is 10.9. The molecule has 78 valence electrons. The van der Waals surface area contributed by atoms with Crippen molar-refractivity contribution < 1.29 is 9.53 Å². The minimum Gasteiger partial charge on any atom is -0.485 e. The number of para-hydroxylation sites is 1. The van der Waals surface area contributed by atoms with Crippen molar-refractivity contribution in [2.75, 3.05) is 0 Å². The third kappa shape index (κ3) is 1.80. The van der Waals surface area contributed by atoms with Crippen molar-refractivity contribution in [2.45, 2.75) is 20.0 Å². The number of hydrogen-bond acceptors (Lipinski definition) is 2. The number of rotatable bonds is 2. The van der Waals surface area contributed by atoms with E-state index in [1.165, 1.54) is 0 Å². The van der Waals surface area contributed by atoms with Crippen LogP contribution in [0.5, 0.6) is 5.75 Å². The van der Waals surface area contributed by atoms with Crippen LogP contribution in [0, 0.1) is 5.41 Å². The summed E-state index contributed by atoms with van der Waals surface area (Å²) < 4.78 is 5.77. The molecule has 1 heterocycles. The zero-order chi connectivity index (χ0) is 10.9. The molecule has 1 aromatic rings. The van der Waals surface area contributed by atoms with Gasteiger partial charge in [-0.3, -0.25) is 0 Å². The molecule has 15 heavy (non-hydrogen) atoms. The van der Waals surface area contributed by atoms with E-state index in [1.807, 2.05) is 50.3 Å². The highest BCUT2D eigenvalue weighted by atomic mass is 16.5. The van der Waals surface area contributed by atoms with Gasteiger partial charge in [-0.15, -0.1) is 0 Å². The molecule has 2 nitrogen and oxygen atoms in total. The largest absolute Gasteiger partial charge is 0.485 e. The predicted octanol–water partition coefficient (Wildman–Crippen LogP) is 2.69. The van der Waals surface area contributed by atoms with E-state index in [2.05, 4.69) is 0 Å². The van der Waals surface area contributed by atoms with Gasteiger partial charge in [0.1, 0.15) is 18.1 Å². The molecule has 1 aromatic carbocycles. The molecular weight excluding hydrogens is 188 g/mol. The molecule has 0 saturated heterocycles.